The SMILES string of the molecule is FC(F)c1cc(N2CCN(c3nccn4cnnc34)CC2)nc(C2CC2)n1. The fourth-order valence-corrected chi connectivity index (χ4v) is 3.39. The van der Waals surface area contributed by atoms with E-state index in [4.69, 9.17) is 0 Å². The number of aromatic nitrogens is 6. The van der Waals surface area contributed by atoms with Gasteiger partial charge in [0.15, 0.2) is 5.82 Å². The Morgan fingerprint density at radius 2 is 1.81 bits per heavy atom. The maximum absolute atomic E-state index is 13.2. The summed E-state index contributed by atoms with van der Waals surface area (Å²) in [6.45, 7) is 2.74. The molecule has 0 aromatic carbocycles. The first-order valence-corrected chi connectivity index (χ1v) is 9.00. The molecule has 8 nitrogen and oxygen atoms in total. The van der Waals surface area contributed by atoms with Gasteiger partial charge < -0.3 is 9.80 Å². The van der Waals surface area contributed by atoms with Gasteiger partial charge in [0.25, 0.3) is 6.43 Å². The van der Waals surface area contributed by atoms with E-state index >= 15 is 0 Å². The molecule has 4 heterocycles. The van der Waals surface area contributed by atoms with E-state index < -0.39 is 6.43 Å². The molecule has 0 bridgehead atoms. The monoisotopic (exact) mass is 372 g/mol. The van der Waals surface area contributed by atoms with Crippen molar-refractivity contribution in [3.8, 4) is 0 Å². The van der Waals surface area contributed by atoms with Gasteiger partial charge in [-0.3, -0.25) is 4.40 Å². The summed E-state index contributed by atoms with van der Waals surface area (Å²) in [7, 11) is 0. The van der Waals surface area contributed by atoms with Crippen molar-refractivity contribution in [2.24, 2.45) is 0 Å². The third kappa shape index (κ3) is 3.04. The third-order valence-corrected chi connectivity index (χ3v) is 5.02. The fourth-order valence-electron chi connectivity index (χ4n) is 3.39. The van der Waals surface area contributed by atoms with Crippen LogP contribution in [0, 0.1) is 0 Å². The zero-order chi connectivity index (χ0) is 18.4. The Morgan fingerprint density at radius 3 is 2.56 bits per heavy atom. The molecule has 0 amide bonds. The van der Waals surface area contributed by atoms with Crippen LogP contribution in [-0.4, -0.2) is 55.7 Å². The molecule has 27 heavy (non-hydrogen) atoms. The molecular weight excluding hydrogens is 354 g/mol. The van der Waals surface area contributed by atoms with Crippen molar-refractivity contribution in [1.29, 1.82) is 0 Å². The predicted molar refractivity (Wildman–Crippen MR) is 94.2 cm³/mol. The van der Waals surface area contributed by atoms with Crippen molar-refractivity contribution in [3.63, 3.8) is 0 Å². The van der Waals surface area contributed by atoms with Gasteiger partial charge in [0, 0.05) is 50.6 Å². The van der Waals surface area contributed by atoms with Gasteiger partial charge in [-0.05, 0) is 12.8 Å². The van der Waals surface area contributed by atoms with Gasteiger partial charge in [-0.15, -0.1) is 10.2 Å². The number of rotatable bonds is 4. The molecule has 0 spiro atoms. The minimum Gasteiger partial charge on any atom is -0.353 e. The molecule has 3 aromatic rings. The van der Waals surface area contributed by atoms with Crippen LogP contribution in [0.2, 0.25) is 0 Å². The van der Waals surface area contributed by atoms with E-state index in [2.05, 4.69) is 30.0 Å². The highest BCUT2D eigenvalue weighted by Gasteiger charge is 2.30. The summed E-state index contributed by atoms with van der Waals surface area (Å²) in [5.41, 5.74) is 0.531. The van der Waals surface area contributed by atoms with Crippen LogP contribution in [0.15, 0.2) is 24.8 Å². The Hall–Kier alpha value is -2.91. The van der Waals surface area contributed by atoms with Gasteiger partial charge in [0.1, 0.15) is 23.7 Å². The molecule has 1 aliphatic carbocycles. The summed E-state index contributed by atoms with van der Waals surface area (Å²) in [4.78, 5) is 17.2. The van der Waals surface area contributed by atoms with Gasteiger partial charge in [-0.1, -0.05) is 0 Å². The molecule has 1 aliphatic heterocycles. The Bertz CT molecular complexity index is 942. The van der Waals surface area contributed by atoms with E-state index in [9.17, 15) is 8.78 Å². The van der Waals surface area contributed by atoms with Gasteiger partial charge in [-0.2, -0.15) is 0 Å². The molecular formula is C17H18F2N8. The predicted octanol–water partition coefficient (Wildman–Crippen LogP) is 2.06. The van der Waals surface area contributed by atoms with Gasteiger partial charge in [0.05, 0.1) is 0 Å². The van der Waals surface area contributed by atoms with E-state index in [1.54, 1.807) is 18.7 Å². The first kappa shape index (κ1) is 16.3. The lowest BCUT2D eigenvalue weighted by molar-refractivity contribution is 0.145. The maximum Gasteiger partial charge on any atom is 0.280 e. The molecule has 2 fully saturated rings. The largest absolute Gasteiger partial charge is 0.353 e. The quantitative estimate of drug-likeness (QED) is 0.694. The van der Waals surface area contributed by atoms with Crippen LogP contribution >= 0.6 is 0 Å². The second-order valence-corrected chi connectivity index (χ2v) is 6.87. The fraction of sp³-hybridized carbons (Fsp3) is 0.471. The lowest BCUT2D eigenvalue weighted by Gasteiger charge is -2.36. The average Bonchev–Trinajstić information content (AvgIpc) is 3.44. The molecule has 0 atom stereocenters. The number of anilines is 2. The summed E-state index contributed by atoms with van der Waals surface area (Å²) < 4.78 is 28.3. The highest BCUT2D eigenvalue weighted by molar-refractivity contribution is 5.64. The number of piperazine rings is 1. The van der Waals surface area contributed by atoms with Gasteiger partial charge >= 0.3 is 0 Å². The number of hydrogen-bond acceptors (Lipinski definition) is 7. The van der Waals surface area contributed by atoms with Crippen LogP contribution in [0.25, 0.3) is 5.65 Å². The molecule has 2 aliphatic rings. The first-order valence-electron chi connectivity index (χ1n) is 9.00. The molecule has 1 saturated carbocycles. The van der Waals surface area contributed by atoms with E-state index in [1.807, 2.05) is 9.30 Å². The van der Waals surface area contributed by atoms with Crippen LogP contribution in [0.4, 0.5) is 20.4 Å². The normalized spacial score (nSPS) is 17.9. The van der Waals surface area contributed by atoms with E-state index in [1.165, 1.54) is 6.07 Å². The van der Waals surface area contributed by atoms with Crippen LogP contribution in [-0.2, 0) is 0 Å². The van der Waals surface area contributed by atoms with Crippen LogP contribution in [0.3, 0.4) is 0 Å². The van der Waals surface area contributed by atoms with E-state index in [0.717, 1.165) is 18.7 Å². The number of hydrogen-bond donors (Lipinski definition) is 0. The van der Waals surface area contributed by atoms with Gasteiger partial charge in [0.2, 0.25) is 5.65 Å². The minimum absolute atomic E-state index is 0.181. The lowest BCUT2D eigenvalue weighted by atomic mass is 10.2. The molecule has 140 valence electrons. The molecule has 0 N–H and O–H groups in total. The van der Waals surface area contributed by atoms with Crippen molar-refractivity contribution in [2.75, 3.05) is 36.0 Å². The van der Waals surface area contributed by atoms with Crippen molar-refractivity contribution in [1.82, 2.24) is 29.5 Å². The van der Waals surface area contributed by atoms with Crippen molar-refractivity contribution in [2.45, 2.75) is 25.2 Å². The second kappa shape index (κ2) is 6.36. The topological polar surface area (TPSA) is 75.3 Å². The van der Waals surface area contributed by atoms with Crippen molar-refractivity contribution >= 4 is 17.3 Å². The molecule has 0 radical (unpaired) electrons. The van der Waals surface area contributed by atoms with Crippen LogP contribution in [0.1, 0.15) is 36.7 Å². The lowest BCUT2D eigenvalue weighted by Crippen LogP contribution is -2.47. The summed E-state index contributed by atoms with van der Waals surface area (Å²) in [5, 5.41) is 8.06. The summed E-state index contributed by atoms with van der Waals surface area (Å²) >= 11 is 0. The zero-order valence-corrected chi connectivity index (χ0v) is 14.5. The summed E-state index contributed by atoms with van der Waals surface area (Å²) in [6.07, 6.45) is 4.55. The van der Waals surface area contributed by atoms with Crippen molar-refractivity contribution < 1.29 is 8.78 Å². The number of nitrogens with zero attached hydrogens (tertiary/aromatic N) is 8. The number of halogens is 2. The zero-order valence-electron chi connectivity index (χ0n) is 14.5. The summed E-state index contributed by atoms with van der Waals surface area (Å²) in [5.74, 6) is 2.17. The third-order valence-electron chi connectivity index (χ3n) is 5.02. The Labute approximate surface area is 153 Å². The smallest absolute Gasteiger partial charge is 0.280 e. The van der Waals surface area contributed by atoms with Gasteiger partial charge in [-0.25, -0.2) is 23.7 Å². The molecule has 0 unspecified atom stereocenters. The maximum atomic E-state index is 13.2. The van der Waals surface area contributed by atoms with E-state index in [0.29, 0.717) is 43.5 Å². The standard InChI is InChI=1S/C17H18F2N8/c18-14(19)12-9-13(23-15(22-12)11-1-2-11)25-5-7-26(8-6-25)16-17-24-21-10-27(17)4-3-20-16/h3-4,9-11,14H,1-2,5-8H2. The highest BCUT2D eigenvalue weighted by Crippen LogP contribution is 2.39. The van der Waals surface area contributed by atoms with Crippen LogP contribution < -0.4 is 9.80 Å². The summed E-state index contributed by atoms with van der Waals surface area (Å²) in [6, 6.07) is 1.42. The number of fused-ring (bicyclic) bond motifs is 1. The molecule has 1 saturated heterocycles. The van der Waals surface area contributed by atoms with Crippen LogP contribution in [0.5, 0.6) is 0 Å². The Kier molecular flexibility index (Phi) is 3.83. The van der Waals surface area contributed by atoms with Crippen molar-refractivity contribution in [3.05, 3.63) is 36.3 Å². The number of alkyl halides is 2. The average molecular weight is 372 g/mol. The second-order valence-electron chi connectivity index (χ2n) is 6.87. The molecule has 10 heteroatoms. The molecule has 5 rings (SSSR count). The Balaban J connectivity index is 1.37. The molecule has 3 aromatic heterocycles. The Morgan fingerprint density at radius 1 is 1.04 bits per heavy atom. The van der Waals surface area contributed by atoms with E-state index in [-0.39, 0.29) is 11.6 Å². The minimum atomic E-state index is -2.58. The first-order chi connectivity index (χ1) is 13.2. The highest BCUT2D eigenvalue weighted by atomic mass is 19.3.